The van der Waals surface area contributed by atoms with E-state index in [0.29, 0.717) is 23.6 Å². The number of hydrogen-bond acceptors (Lipinski definition) is 10. The second-order valence-electron chi connectivity index (χ2n) is 14.2. The summed E-state index contributed by atoms with van der Waals surface area (Å²) in [5, 5.41) is 28.7. The van der Waals surface area contributed by atoms with Gasteiger partial charge in [-0.05, 0) is 87.4 Å². The number of hydrogen-bond donors (Lipinski definition) is 4. The van der Waals surface area contributed by atoms with Crippen molar-refractivity contribution in [2.45, 2.75) is 45.5 Å². The molecule has 58 heavy (non-hydrogen) atoms. The number of aromatic nitrogens is 6. The molecular weight excluding hydrogens is 761 g/mol. The number of nitrogens with zero attached hydrogens (tertiary/aromatic N) is 4. The largest absolute Gasteiger partial charge is 0.573 e. The minimum Gasteiger partial charge on any atom is -0.507 e. The van der Waals surface area contributed by atoms with Crippen LogP contribution >= 0.6 is 0 Å². The summed E-state index contributed by atoms with van der Waals surface area (Å²) in [6.45, 7) is 4.75. The number of ether oxygens (including phenoxy) is 3. The lowest BCUT2D eigenvalue weighted by molar-refractivity contribution is -0.274. The minimum absolute atomic E-state index is 0.00203. The lowest BCUT2D eigenvalue weighted by atomic mass is 9.71. The van der Waals surface area contributed by atoms with Crippen molar-refractivity contribution >= 4 is 33.8 Å². The van der Waals surface area contributed by atoms with E-state index in [4.69, 9.17) is 14.5 Å². The molecule has 1 aliphatic heterocycles. The molecule has 0 bridgehead atoms. The number of nitrogens with one attached hydrogen (secondary N) is 2. The van der Waals surface area contributed by atoms with Crippen molar-refractivity contribution < 1.29 is 42.4 Å². The average Bonchev–Trinajstić information content (AvgIpc) is 3.84. The minimum atomic E-state index is -4.88. The molecule has 17 heteroatoms. The van der Waals surface area contributed by atoms with E-state index in [0.717, 1.165) is 28.6 Å². The molecule has 3 aromatic carbocycles. The van der Waals surface area contributed by atoms with Crippen molar-refractivity contribution in [2.24, 2.45) is 0 Å². The number of alkyl halides is 3. The van der Waals surface area contributed by atoms with Gasteiger partial charge >= 0.3 is 12.1 Å². The Morgan fingerprint density at radius 1 is 0.948 bits per heavy atom. The number of allylic oxidation sites excluding steroid dienone is 1. The number of halogens is 3. The Bertz CT molecular complexity index is 3070. The van der Waals surface area contributed by atoms with Crippen LogP contribution in [0.2, 0.25) is 0 Å². The monoisotopic (exact) mass is 792 g/mol. The predicted octanol–water partition coefficient (Wildman–Crippen LogP) is 6.48. The van der Waals surface area contributed by atoms with Crippen molar-refractivity contribution in [2.75, 3.05) is 7.11 Å². The van der Waals surface area contributed by atoms with E-state index < -0.39 is 46.1 Å². The van der Waals surface area contributed by atoms with E-state index in [1.54, 1.807) is 27.0 Å². The smallest absolute Gasteiger partial charge is 0.507 e. The summed E-state index contributed by atoms with van der Waals surface area (Å²) in [4.78, 5) is 51.4. The molecule has 1 atom stereocenters. The number of methoxy groups -OCH3 is 1. The molecule has 2 aliphatic rings. The van der Waals surface area contributed by atoms with E-state index in [1.165, 1.54) is 40.4 Å². The average molecular weight is 793 g/mol. The van der Waals surface area contributed by atoms with Gasteiger partial charge < -0.3 is 29.4 Å². The number of rotatable bonds is 7. The molecule has 0 saturated carbocycles. The first-order valence-corrected chi connectivity index (χ1v) is 17.9. The van der Waals surface area contributed by atoms with Gasteiger partial charge in [0.1, 0.15) is 45.6 Å². The molecule has 9 rings (SSSR count). The zero-order valence-corrected chi connectivity index (χ0v) is 31.0. The summed E-state index contributed by atoms with van der Waals surface area (Å²) >= 11 is 0. The molecule has 5 heterocycles. The third-order valence-electron chi connectivity index (χ3n) is 10.9. The van der Waals surface area contributed by atoms with E-state index >= 15 is 0 Å². The fourth-order valence-electron chi connectivity index (χ4n) is 7.91. The summed E-state index contributed by atoms with van der Waals surface area (Å²) in [5.41, 5.74) is 0.0304. The van der Waals surface area contributed by atoms with Crippen LogP contribution in [0, 0.1) is 13.8 Å². The van der Waals surface area contributed by atoms with Gasteiger partial charge in [0.25, 0.3) is 5.56 Å². The van der Waals surface area contributed by atoms with Crippen LogP contribution in [-0.4, -0.2) is 58.8 Å². The van der Waals surface area contributed by atoms with Crippen LogP contribution in [0.1, 0.15) is 45.4 Å². The molecule has 0 amide bonds. The number of phenolic OH excluding ortho intramolecular Hbond substituents is 2. The molecule has 0 fully saturated rings. The van der Waals surface area contributed by atoms with Gasteiger partial charge in [0.15, 0.2) is 5.78 Å². The van der Waals surface area contributed by atoms with Crippen LogP contribution in [0.25, 0.3) is 45.0 Å². The number of benzene rings is 3. The van der Waals surface area contributed by atoms with Gasteiger partial charge in [-0.1, -0.05) is 0 Å². The Labute approximate surface area is 324 Å². The predicted molar refractivity (Wildman–Crippen MR) is 204 cm³/mol. The number of fused-ring (bicyclic) bond motifs is 6. The maximum Gasteiger partial charge on any atom is 0.573 e. The van der Waals surface area contributed by atoms with Crippen LogP contribution in [0.5, 0.6) is 28.7 Å². The third kappa shape index (κ3) is 5.37. The molecule has 4 N–H and O–H groups in total. The molecule has 1 aliphatic carbocycles. The van der Waals surface area contributed by atoms with Gasteiger partial charge in [-0.2, -0.15) is 5.10 Å². The number of aromatic hydroxyl groups is 2. The zero-order valence-electron chi connectivity index (χ0n) is 31.0. The Morgan fingerprint density at radius 3 is 2.41 bits per heavy atom. The highest BCUT2D eigenvalue weighted by molar-refractivity contribution is 6.14. The topological polar surface area (TPSA) is 187 Å². The van der Waals surface area contributed by atoms with Crippen molar-refractivity contribution in [3.63, 3.8) is 0 Å². The Balaban J connectivity index is 1.15. The molecule has 4 aromatic heterocycles. The first-order chi connectivity index (χ1) is 27.6. The van der Waals surface area contributed by atoms with Crippen molar-refractivity contribution in [3.8, 4) is 45.7 Å². The summed E-state index contributed by atoms with van der Waals surface area (Å²) < 4.78 is 57.0. The Kier molecular flexibility index (Phi) is 7.90. The van der Waals surface area contributed by atoms with E-state index in [1.807, 2.05) is 24.4 Å². The molecule has 294 valence electrons. The van der Waals surface area contributed by atoms with E-state index in [-0.39, 0.29) is 62.7 Å². The molecule has 0 radical (unpaired) electrons. The summed E-state index contributed by atoms with van der Waals surface area (Å²) in [6.07, 6.45) is -1.14. The summed E-state index contributed by atoms with van der Waals surface area (Å²) in [5.74, 6) is -1.08. The number of aryl methyl sites for hydroxylation is 3. The lowest BCUT2D eigenvalue weighted by Gasteiger charge is -2.27. The van der Waals surface area contributed by atoms with Gasteiger partial charge in [0, 0.05) is 35.3 Å². The number of H-pyrrole nitrogens is 2. The molecule has 0 spiro atoms. The summed E-state index contributed by atoms with van der Waals surface area (Å²) in [6, 6.07) is 13.5. The Hall–Kier alpha value is -7.30. The van der Waals surface area contributed by atoms with Gasteiger partial charge in [-0.3, -0.25) is 19.1 Å². The first-order valence-electron chi connectivity index (χ1n) is 17.9. The highest BCUT2D eigenvalue weighted by Crippen LogP contribution is 2.60. The maximum absolute atomic E-state index is 14.6. The SMILES string of the molecule is COc1ccc2[nH]cc(CCn3c(=O)[nH]c(=O)c4ccc(-c5c(O)c(C)c(O)c6c5OC5=Cc7c(c(C)nn7-c7ccc(OC(F)(F)F)cc7)C(=O)C56C)nc43)c2c1. The second kappa shape index (κ2) is 12.6. The van der Waals surface area contributed by atoms with Crippen molar-refractivity contribution in [1.82, 2.24) is 29.3 Å². The number of Topliss-reactive ketones (excluding diaryl/α,β-unsaturated/α-hetero) is 1. The van der Waals surface area contributed by atoms with Crippen LogP contribution in [0.3, 0.4) is 0 Å². The fourth-order valence-corrected chi connectivity index (χ4v) is 7.91. The van der Waals surface area contributed by atoms with Gasteiger partial charge in [-0.25, -0.2) is 14.5 Å². The highest BCUT2D eigenvalue weighted by atomic mass is 19.4. The van der Waals surface area contributed by atoms with E-state index in [2.05, 4.69) is 19.8 Å². The van der Waals surface area contributed by atoms with Crippen LogP contribution in [-0.2, 0) is 18.4 Å². The molecule has 7 aromatic rings. The standard InChI is InChI=1S/C41H31F3N6O8/c1-18-33(51)31(27-12-10-24-37(46-27)49(39(55)47-38(24)54)14-13-20-17-45-26-11-9-23(56-4)15-25(20)26)35-32(34(18)52)40(3)29(57-35)16-28-30(36(40)53)19(2)48-50(28)21-5-7-22(8-6-21)58-41(42,43)44/h5-12,15-17,45,51-52H,13-14H2,1-4H3,(H,47,54,55). The number of carbonyl (C=O) groups is 1. The van der Waals surface area contributed by atoms with Crippen molar-refractivity contribution in [1.29, 1.82) is 0 Å². The van der Waals surface area contributed by atoms with Gasteiger partial charge in [0.05, 0.1) is 52.0 Å². The molecule has 1 unspecified atom stereocenters. The first kappa shape index (κ1) is 36.3. The number of phenols is 2. The number of aromatic amines is 2. The van der Waals surface area contributed by atoms with Gasteiger partial charge in [-0.15, -0.1) is 13.2 Å². The number of carbonyl (C=O) groups excluding carboxylic acids is 1. The fraction of sp³-hybridized carbons (Fsp3) is 0.195. The summed E-state index contributed by atoms with van der Waals surface area (Å²) in [7, 11) is 1.57. The quantitative estimate of drug-likeness (QED) is 0.139. The zero-order chi connectivity index (χ0) is 41.0. The van der Waals surface area contributed by atoms with Crippen molar-refractivity contribution in [3.05, 3.63) is 121 Å². The van der Waals surface area contributed by atoms with E-state index in [9.17, 15) is 37.8 Å². The molecule has 14 nitrogen and oxygen atoms in total. The van der Waals surface area contributed by atoms with Gasteiger partial charge in [0.2, 0.25) is 0 Å². The molecular formula is C41H31F3N6O8. The third-order valence-corrected chi connectivity index (χ3v) is 10.9. The highest BCUT2D eigenvalue weighted by Gasteiger charge is 2.55. The normalized spacial score (nSPS) is 15.9. The van der Waals surface area contributed by atoms with Crippen LogP contribution in [0.4, 0.5) is 13.2 Å². The number of pyridine rings is 1. The second-order valence-corrected chi connectivity index (χ2v) is 14.2. The number of ketones is 1. The Morgan fingerprint density at radius 2 is 1.69 bits per heavy atom. The van der Waals surface area contributed by atoms with Crippen LogP contribution < -0.4 is 25.5 Å². The van der Waals surface area contributed by atoms with Crippen LogP contribution in [0.15, 0.2) is 76.1 Å². The molecule has 0 saturated heterocycles. The maximum atomic E-state index is 14.6. The lowest BCUT2D eigenvalue weighted by Crippen LogP contribution is -2.36.